The van der Waals surface area contributed by atoms with Crippen LogP contribution >= 0.6 is 28.1 Å². The van der Waals surface area contributed by atoms with Crippen LogP contribution < -0.4 is 11.1 Å². The Bertz CT molecular complexity index is 623. The highest BCUT2D eigenvalue weighted by molar-refractivity contribution is 9.10. The first-order valence-corrected chi connectivity index (χ1v) is 6.81. The zero-order valence-corrected chi connectivity index (χ0v) is 12.6. The van der Waals surface area contributed by atoms with Crippen molar-refractivity contribution in [3.05, 3.63) is 57.8 Å². The molecule has 0 aliphatic carbocycles. The summed E-state index contributed by atoms with van der Waals surface area (Å²) in [6.07, 6.45) is 0. The molecule has 3 N–H and O–H groups in total. The molecule has 19 heavy (non-hydrogen) atoms. The van der Waals surface area contributed by atoms with E-state index < -0.39 is 0 Å². The highest BCUT2D eigenvalue weighted by Crippen LogP contribution is 2.30. The minimum absolute atomic E-state index is 0.254. The first-order chi connectivity index (χ1) is 9.00. The Morgan fingerprint density at radius 3 is 2.58 bits per heavy atom. The molecule has 2 aromatic carbocycles. The lowest BCUT2D eigenvalue weighted by atomic mass is 10.1. The van der Waals surface area contributed by atoms with Gasteiger partial charge in [-0.1, -0.05) is 30.4 Å². The van der Waals surface area contributed by atoms with Crippen LogP contribution in [0.5, 0.6) is 0 Å². The Morgan fingerprint density at radius 1 is 1.26 bits per heavy atom. The second-order valence-electron chi connectivity index (χ2n) is 4.08. The van der Waals surface area contributed by atoms with Crippen molar-refractivity contribution in [2.45, 2.75) is 6.92 Å². The maximum absolute atomic E-state index is 13.8. The molecule has 2 rings (SSSR count). The lowest BCUT2D eigenvalue weighted by molar-refractivity contribution is 0.631. The van der Waals surface area contributed by atoms with Gasteiger partial charge in [-0.15, -0.1) is 0 Å². The average Bonchev–Trinajstić information content (AvgIpc) is 2.33. The molecule has 2 nitrogen and oxygen atoms in total. The van der Waals surface area contributed by atoms with Crippen molar-refractivity contribution in [1.29, 1.82) is 0 Å². The second kappa shape index (κ2) is 5.67. The molecule has 0 heterocycles. The summed E-state index contributed by atoms with van der Waals surface area (Å²) < 4.78 is 14.6. The second-order valence-corrected chi connectivity index (χ2v) is 5.38. The van der Waals surface area contributed by atoms with Gasteiger partial charge >= 0.3 is 0 Å². The van der Waals surface area contributed by atoms with Crippen molar-refractivity contribution < 1.29 is 4.39 Å². The van der Waals surface area contributed by atoms with E-state index in [0.29, 0.717) is 16.9 Å². The van der Waals surface area contributed by atoms with Gasteiger partial charge in [0.25, 0.3) is 0 Å². The van der Waals surface area contributed by atoms with Crippen LogP contribution in [0.4, 0.5) is 15.8 Å². The van der Waals surface area contributed by atoms with Gasteiger partial charge in [0.2, 0.25) is 0 Å². The van der Waals surface area contributed by atoms with E-state index >= 15 is 0 Å². The Morgan fingerprint density at radius 2 is 1.95 bits per heavy atom. The molecular weight excluding hydrogens is 327 g/mol. The fourth-order valence-corrected chi connectivity index (χ4v) is 2.73. The summed E-state index contributed by atoms with van der Waals surface area (Å²) in [6.45, 7) is 1.84. The van der Waals surface area contributed by atoms with Gasteiger partial charge in [0.05, 0.1) is 5.69 Å². The fraction of sp³-hybridized carbons (Fsp3) is 0.0714. The van der Waals surface area contributed by atoms with E-state index in [1.54, 1.807) is 6.07 Å². The molecule has 2 aromatic rings. The molecule has 0 amide bonds. The molecule has 0 fully saturated rings. The minimum atomic E-state index is -0.311. The average molecular weight is 339 g/mol. The molecular formula is C14H12BrFN2S. The molecule has 5 heteroatoms. The largest absolute Gasteiger partial charge is 0.389 e. The van der Waals surface area contributed by atoms with E-state index in [9.17, 15) is 4.39 Å². The van der Waals surface area contributed by atoms with Gasteiger partial charge in [0.1, 0.15) is 10.8 Å². The smallest absolute Gasteiger partial charge is 0.146 e. The maximum atomic E-state index is 13.8. The Labute approximate surface area is 124 Å². The number of aryl methyl sites for hydroxylation is 1. The summed E-state index contributed by atoms with van der Waals surface area (Å²) >= 11 is 8.43. The normalized spacial score (nSPS) is 10.3. The van der Waals surface area contributed by atoms with E-state index in [1.807, 2.05) is 31.2 Å². The van der Waals surface area contributed by atoms with Crippen molar-refractivity contribution >= 4 is 44.5 Å². The molecule has 0 saturated heterocycles. The van der Waals surface area contributed by atoms with Gasteiger partial charge in [0, 0.05) is 15.7 Å². The zero-order chi connectivity index (χ0) is 14.0. The van der Waals surface area contributed by atoms with Gasteiger partial charge in [-0.25, -0.2) is 4.39 Å². The molecule has 0 aromatic heterocycles. The number of hydrogen-bond donors (Lipinski definition) is 2. The topological polar surface area (TPSA) is 38.0 Å². The molecule has 0 radical (unpaired) electrons. The summed E-state index contributed by atoms with van der Waals surface area (Å²) in [4.78, 5) is 0.254. The van der Waals surface area contributed by atoms with Crippen LogP contribution in [0.3, 0.4) is 0 Å². The van der Waals surface area contributed by atoms with Crippen LogP contribution in [-0.2, 0) is 0 Å². The number of rotatable bonds is 3. The number of benzene rings is 2. The summed E-state index contributed by atoms with van der Waals surface area (Å²) in [5, 5.41) is 3.06. The number of halogens is 2. The third-order valence-corrected chi connectivity index (χ3v) is 3.61. The number of para-hydroxylation sites is 1. The Kier molecular flexibility index (Phi) is 4.17. The first kappa shape index (κ1) is 14.0. The van der Waals surface area contributed by atoms with Gasteiger partial charge in [-0.05, 0) is 46.6 Å². The van der Waals surface area contributed by atoms with Crippen LogP contribution in [0.2, 0.25) is 0 Å². The molecule has 0 bridgehead atoms. The quantitative estimate of drug-likeness (QED) is 0.820. The van der Waals surface area contributed by atoms with E-state index in [1.165, 1.54) is 6.07 Å². The van der Waals surface area contributed by atoms with Gasteiger partial charge in [0.15, 0.2) is 0 Å². The SMILES string of the molecule is Cc1cccc(F)c1Nc1cccc(Br)c1C(N)=S. The first-order valence-electron chi connectivity index (χ1n) is 5.61. The van der Waals surface area contributed by atoms with Crippen LogP contribution in [0.25, 0.3) is 0 Å². The van der Waals surface area contributed by atoms with E-state index in [-0.39, 0.29) is 10.8 Å². The van der Waals surface area contributed by atoms with Crippen LogP contribution in [0, 0.1) is 12.7 Å². The van der Waals surface area contributed by atoms with Crippen molar-refractivity contribution in [1.82, 2.24) is 0 Å². The fourth-order valence-electron chi connectivity index (χ4n) is 1.80. The zero-order valence-electron chi connectivity index (χ0n) is 10.2. The number of nitrogens with one attached hydrogen (secondary N) is 1. The van der Waals surface area contributed by atoms with E-state index in [2.05, 4.69) is 21.2 Å². The predicted octanol–water partition coefficient (Wildman–Crippen LogP) is 4.27. The number of hydrogen-bond acceptors (Lipinski definition) is 2. The third-order valence-electron chi connectivity index (χ3n) is 2.74. The van der Waals surface area contributed by atoms with Gasteiger partial charge < -0.3 is 11.1 Å². The lowest BCUT2D eigenvalue weighted by Crippen LogP contribution is -2.13. The van der Waals surface area contributed by atoms with Crippen molar-refractivity contribution in [2.24, 2.45) is 5.73 Å². The molecule has 0 saturated carbocycles. The summed E-state index contributed by atoms with van der Waals surface area (Å²) in [5.74, 6) is -0.311. The van der Waals surface area contributed by atoms with E-state index in [4.69, 9.17) is 18.0 Å². The third kappa shape index (κ3) is 2.93. The van der Waals surface area contributed by atoms with Crippen molar-refractivity contribution in [3.8, 4) is 0 Å². The van der Waals surface area contributed by atoms with Crippen molar-refractivity contribution in [3.63, 3.8) is 0 Å². The highest BCUT2D eigenvalue weighted by Gasteiger charge is 2.12. The predicted molar refractivity (Wildman–Crippen MR) is 84.4 cm³/mol. The standard InChI is InChI=1S/C14H12BrFN2S/c1-8-4-2-6-10(16)13(8)18-11-7-3-5-9(15)12(11)14(17)19/h2-7,18H,1H3,(H2,17,19). The lowest BCUT2D eigenvalue weighted by Gasteiger charge is -2.15. The molecule has 0 aliphatic rings. The summed E-state index contributed by atoms with van der Waals surface area (Å²) in [5.41, 5.74) is 8.30. The molecule has 0 aliphatic heterocycles. The molecule has 98 valence electrons. The number of nitrogens with two attached hydrogens (primary N) is 1. The minimum Gasteiger partial charge on any atom is -0.389 e. The monoisotopic (exact) mass is 338 g/mol. The van der Waals surface area contributed by atoms with Crippen LogP contribution in [0.15, 0.2) is 40.9 Å². The summed E-state index contributed by atoms with van der Waals surface area (Å²) in [7, 11) is 0. The Hall–Kier alpha value is -1.46. The van der Waals surface area contributed by atoms with Gasteiger partial charge in [-0.2, -0.15) is 0 Å². The molecule has 0 spiro atoms. The molecule has 0 atom stereocenters. The van der Waals surface area contributed by atoms with E-state index in [0.717, 1.165) is 10.0 Å². The van der Waals surface area contributed by atoms with Gasteiger partial charge in [-0.3, -0.25) is 0 Å². The van der Waals surface area contributed by atoms with Crippen molar-refractivity contribution in [2.75, 3.05) is 5.32 Å². The maximum Gasteiger partial charge on any atom is 0.146 e. The number of thiocarbonyl (C=S) groups is 1. The molecule has 0 unspecified atom stereocenters. The van der Waals surface area contributed by atoms with Crippen LogP contribution in [-0.4, -0.2) is 4.99 Å². The summed E-state index contributed by atoms with van der Waals surface area (Å²) in [6, 6.07) is 10.4. The highest BCUT2D eigenvalue weighted by atomic mass is 79.9. The Balaban J connectivity index is 2.50. The number of anilines is 2. The van der Waals surface area contributed by atoms with Crippen LogP contribution in [0.1, 0.15) is 11.1 Å².